The molecule has 2 rings (SSSR count). The number of carbonyl (C=O) groups excluding carboxylic acids is 2. The van der Waals surface area contributed by atoms with E-state index in [9.17, 15) is 22.8 Å². The van der Waals surface area contributed by atoms with Crippen molar-refractivity contribution in [1.82, 2.24) is 9.80 Å². The van der Waals surface area contributed by atoms with Gasteiger partial charge < -0.3 is 15.5 Å². The van der Waals surface area contributed by atoms with E-state index in [0.29, 0.717) is 26.2 Å². The van der Waals surface area contributed by atoms with Gasteiger partial charge in [0.1, 0.15) is 0 Å². The fourth-order valence-corrected chi connectivity index (χ4v) is 2.57. The standard InChI is InChI=1S/C16H20F3N3O2/c1-11(20)9-14(23)21-5-7-22(8-6-21)15(24)12-3-2-4-13(10-12)16(17,18)19/h2-4,10-11H,5-9,20H2,1H3. The van der Waals surface area contributed by atoms with Crippen molar-refractivity contribution in [3.8, 4) is 0 Å². The SMILES string of the molecule is CC(N)CC(=O)N1CCN(C(=O)c2cccc(C(F)(F)F)c2)CC1. The zero-order valence-electron chi connectivity index (χ0n) is 13.3. The Balaban J connectivity index is 1.99. The highest BCUT2D eigenvalue weighted by Gasteiger charge is 2.32. The van der Waals surface area contributed by atoms with Gasteiger partial charge in [-0.15, -0.1) is 0 Å². The largest absolute Gasteiger partial charge is 0.416 e. The number of rotatable bonds is 3. The van der Waals surface area contributed by atoms with E-state index in [4.69, 9.17) is 5.73 Å². The number of nitrogens with two attached hydrogens (primary N) is 1. The van der Waals surface area contributed by atoms with Crippen molar-refractivity contribution in [1.29, 1.82) is 0 Å². The summed E-state index contributed by atoms with van der Waals surface area (Å²) in [5, 5.41) is 0. The Bertz CT molecular complexity index is 609. The van der Waals surface area contributed by atoms with Crippen LogP contribution in [-0.4, -0.2) is 53.8 Å². The molecule has 1 heterocycles. The number of benzene rings is 1. The van der Waals surface area contributed by atoms with Crippen LogP contribution in [0.5, 0.6) is 0 Å². The zero-order chi connectivity index (χ0) is 17.9. The summed E-state index contributed by atoms with van der Waals surface area (Å²) in [4.78, 5) is 27.4. The van der Waals surface area contributed by atoms with Gasteiger partial charge in [-0.3, -0.25) is 9.59 Å². The Morgan fingerprint density at radius 3 is 2.29 bits per heavy atom. The van der Waals surface area contributed by atoms with E-state index in [0.717, 1.165) is 12.1 Å². The number of hydrogen-bond acceptors (Lipinski definition) is 3. The first-order valence-corrected chi connectivity index (χ1v) is 7.68. The molecule has 1 aliphatic heterocycles. The highest BCUT2D eigenvalue weighted by molar-refractivity contribution is 5.94. The second-order valence-corrected chi connectivity index (χ2v) is 5.93. The van der Waals surface area contributed by atoms with Gasteiger partial charge in [0.15, 0.2) is 0 Å². The summed E-state index contributed by atoms with van der Waals surface area (Å²) in [5.41, 5.74) is 4.75. The molecule has 0 aromatic heterocycles. The van der Waals surface area contributed by atoms with Gasteiger partial charge in [0.05, 0.1) is 5.56 Å². The van der Waals surface area contributed by atoms with Gasteiger partial charge in [0, 0.05) is 44.2 Å². The van der Waals surface area contributed by atoms with Crippen molar-refractivity contribution >= 4 is 11.8 Å². The number of piperazine rings is 1. The van der Waals surface area contributed by atoms with Crippen molar-refractivity contribution in [2.75, 3.05) is 26.2 Å². The molecule has 8 heteroatoms. The van der Waals surface area contributed by atoms with Crippen LogP contribution in [0.15, 0.2) is 24.3 Å². The van der Waals surface area contributed by atoms with Crippen LogP contribution in [0.25, 0.3) is 0 Å². The molecular formula is C16H20F3N3O2. The Labute approximate surface area is 138 Å². The number of amides is 2. The van der Waals surface area contributed by atoms with Crippen molar-refractivity contribution in [3.63, 3.8) is 0 Å². The molecule has 0 saturated carbocycles. The molecule has 0 radical (unpaired) electrons. The van der Waals surface area contributed by atoms with E-state index in [1.165, 1.54) is 17.0 Å². The number of alkyl halides is 3. The Kier molecular flexibility index (Phi) is 5.48. The van der Waals surface area contributed by atoms with Crippen molar-refractivity contribution in [2.24, 2.45) is 5.73 Å². The molecule has 2 N–H and O–H groups in total. The first-order valence-electron chi connectivity index (χ1n) is 7.68. The van der Waals surface area contributed by atoms with Gasteiger partial charge in [-0.25, -0.2) is 0 Å². The molecule has 1 fully saturated rings. The summed E-state index contributed by atoms with van der Waals surface area (Å²) >= 11 is 0. The molecule has 1 saturated heterocycles. The summed E-state index contributed by atoms with van der Waals surface area (Å²) < 4.78 is 38.2. The molecule has 0 bridgehead atoms. The molecule has 0 aliphatic carbocycles. The number of nitrogens with zero attached hydrogens (tertiary/aromatic N) is 2. The minimum absolute atomic E-state index is 0.000168. The van der Waals surface area contributed by atoms with E-state index < -0.39 is 17.6 Å². The predicted molar refractivity (Wildman–Crippen MR) is 82.2 cm³/mol. The van der Waals surface area contributed by atoms with Gasteiger partial charge in [-0.05, 0) is 25.1 Å². The molecule has 0 spiro atoms. The minimum Gasteiger partial charge on any atom is -0.339 e. The van der Waals surface area contributed by atoms with Crippen LogP contribution in [0, 0.1) is 0 Å². The molecule has 1 aliphatic rings. The van der Waals surface area contributed by atoms with Crippen LogP contribution >= 0.6 is 0 Å². The molecule has 132 valence electrons. The third-order valence-corrected chi connectivity index (χ3v) is 3.85. The Hall–Kier alpha value is -2.09. The Morgan fingerprint density at radius 1 is 1.17 bits per heavy atom. The second kappa shape index (κ2) is 7.21. The van der Waals surface area contributed by atoms with Gasteiger partial charge >= 0.3 is 6.18 Å². The van der Waals surface area contributed by atoms with Gasteiger partial charge in [0.2, 0.25) is 5.91 Å². The summed E-state index contributed by atoms with van der Waals surface area (Å²) in [6, 6.07) is 4.14. The van der Waals surface area contributed by atoms with Crippen molar-refractivity contribution < 1.29 is 22.8 Å². The summed E-state index contributed by atoms with van der Waals surface area (Å²) in [6.07, 6.45) is -4.25. The molecule has 1 unspecified atom stereocenters. The molecule has 2 amide bonds. The van der Waals surface area contributed by atoms with E-state index in [-0.39, 0.29) is 23.9 Å². The van der Waals surface area contributed by atoms with Crippen LogP contribution in [0.1, 0.15) is 29.3 Å². The lowest BCUT2D eigenvalue weighted by atomic mass is 10.1. The third-order valence-electron chi connectivity index (χ3n) is 3.85. The second-order valence-electron chi connectivity index (χ2n) is 5.93. The van der Waals surface area contributed by atoms with E-state index in [1.807, 2.05) is 0 Å². The topological polar surface area (TPSA) is 66.6 Å². The quantitative estimate of drug-likeness (QED) is 0.909. The summed E-state index contributed by atoms with van der Waals surface area (Å²) in [7, 11) is 0. The predicted octanol–water partition coefficient (Wildman–Crippen LogP) is 1.73. The molecule has 1 atom stereocenters. The highest BCUT2D eigenvalue weighted by atomic mass is 19.4. The lowest BCUT2D eigenvalue weighted by Gasteiger charge is -2.35. The number of hydrogen-bond donors (Lipinski definition) is 1. The van der Waals surface area contributed by atoms with Crippen LogP contribution in [0.4, 0.5) is 13.2 Å². The lowest BCUT2D eigenvalue weighted by molar-refractivity contribution is -0.137. The van der Waals surface area contributed by atoms with E-state index in [2.05, 4.69) is 0 Å². The fraction of sp³-hybridized carbons (Fsp3) is 0.500. The first kappa shape index (κ1) is 18.3. The van der Waals surface area contributed by atoms with Crippen molar-refractivity contribution in [2.45, 2.75) is 25.6 Å². The molecule has 24 heavy (non-hydrogen) atoms. The maximum atomic E-state index is 12.7. The van der Waals surface area contributed by atoms with Crippen molar-refractivity contribution in [3.05, 3.63) is 35.4 Å². The molecule has 1 aromatic carbocycles. The Morgan fingerprint density at radius 2 is 1.75 bits per heavy atom. The van der Waals surface area contributed by atoms with Crippen LogP contribution in [0.3, 0.4) is 0 Å². The molecule has 1 aromatic rings. The van der Waals surface area contributed by atoms with Gasteiger partial charge in [-0.2, -0.15) is 13.2 Å². The normalized spacial score (nSPS) is 16.9. The van der Waals surface area contributed by atoms with E-state index >= 15 is 0 Å². The third kappa shape index (κ3) is 4.47. The van der Waals surface area contributed by atoms with Gasteiger partial charge in [0.25, 0.3) is 5.91 Å². The monoisotopic (exact) mass is 343 g/mol. The average molecular weight is 343 g/mol. The first-order chi connectivity index (χ1) is 11.2. The average Bonchev–Trinajstić information content (AvgIpc) is 2.53. The fourth-order valence-electron chi connectivity index (χ4n) is 2.57. The summed E-state index contributed by atoms with van der Waals surface area (Å²) in [5.74, 6) is -0.531. The van der Waals surface area contributed by atoms with Gasteiger partial charge in [-0.1, -0.05) is 6.07 Å². The lowest BCUT2D eigenvalue weighted by Crippen LogP contribution is -2.51. The number of carbonyl (C=O) groups is 2. The maximum absolute atomic E-state index is 12.7. The van der Waals surface area contributed by atoms with E-state index in [1.54, 1.807) is 11.8 Å². The van der Waals surface area contributed by atoms with Crippen LogP contribution < -0.4 is 5.73 Å². The molecule has 5 nitrogen and oxygen atoms in total. The molecular weight excluding hydrogens is 323 g/mol. The highest BCUT2D eigenvalue weighted by Crippen LogP contribution is 2.29. The summed E-state index contributed by atoms with van der Waals surface area (Å²) in [6.45, 7) is 3.04. The number of halogens is 3. The van der Waals surface area contributed by atoms with Crippen LogP contribution in [-0.2, 0) is 11.0 Å². The maximum Gasteiger partial charge on any atom is 0.416 e. The zero-order valence-corrected chi connectivity index (χ0v) is 13.3. The smallest absolute Gasteiger partial charge is 0.339 e. The minimum atomic E-state index is -4.49. The van der Waals surface area contributed by atoms with Crippen LogP contribution in [0.2, 0.25) is 0 Å².